The lowest BCUT2D eigenvalue weighted by Crippen LogP contribution is -2.25. The van der Waals surface area contributed by atoms with Gasteiger partial charge in [0.05, 0.1) is 0 Å². The van der Waals surface area contributed by atoms with Crippen LogP contribution >= 0.6 is 0 Å². The molecule has 17 heavy (non-hydrogen) atoms. The largest absolute Gasteiger partial charge is 0.409 e. The monoisotopic (exact) mass is 237 g/mol. The zero-order chi connectivity index (χ0) is 12.8. The summed E-state index contributed by atoms with van der Waals surface area (Å²) in [5, 5.41) is 11.4. The normalized spacial score (nSPS) is 11.9. The number of rotatable bonds is 5. The van der Waals surface area contributed by atoms with Crippen molar-refractivity contribution < 1.29 is 5.21 Å². The van der Waals surface area contributed by atoms with Gasteiger partial charge in [0.1, 0.15) is 18.0 Å². The maximum atomic E-state index is 8.45. The molecule has 0 radical (unpaired) electrons. The Hall–Kier alpha value is -1.85. The highest BCUT2D eigenvalue weighted by Crippen LogP contribution is 2.15. The van der Waals surface area contributed by atoms with Crippen LogP contribution in [0.25, 0.3) is 0 Å². The average Bonchev–Trinajstić information content (AvgIpc) is 2.35. The Bertz CT molecular complexity index is 391. The van der Waals surface area contributed by atoms with Gasteiger partial charge >= 0.3 is 0 Å². The van der Waals surface area contributed by atoms with Gasteiger partial charge in [0.2, 0.25) is 0 Å². The van der Waals surface area contributed by atoms with Gasteiger partial charge in [-0.2, -0.15) is 0 Å². The zero-order valence-corrected chi connectivity index (χ0v) is 10.5. The van der Waals surface area contributed by atoms with Gasteiger partial charge in [0.25, 0.3) is 0 Å². The van der Waals surface area contributed by atoms with E-state index in [0.717, 1.165) is 11.5 Å². The van der Waals surface area contributed by atoms with Gasteiger partial charge in [-0.15, -0.1) is 0 Å². The fourth-order valence-electron chi connectivity index (χ4n) is 1.33. The zero-order valence-electron chi connectivity index (χ0n) is 10.5. The molecule has 3 N–H and O–H groups in total. The van der Waals surface area contributed by atoms with Gasteiger partial charge in [-0.05, 0) is 5.92 Å². The maximum absolute atomic E-state index is 8.45. The van der Waals surface area contributed by atoms with Crippen LogP contribution in [-0.2, 0) is 0 Å². The highest BCUT2D eigenvalue weighted by Gasteiger charge is 2.07. The fourth-order valence-corrected chi connectivity index (χ4v) is 1.33. The molecule has 0 amide bonds. The molecular formula is C11H19N5O. The number of oxime groups is 1. The van der Waals surface area contributed by atoms with E-state index >= 15 is 0 Å². The third-order valence-electron chi connectivity index (χ3n) is 2.49. The number of hydrogen-bond acceptors (Lipinski definition) is 5. The standard InChI is InChI=1S/C11H19N5O/c1-8(2)9-6-11(14-7-13-9)16(3)5-4-10(12)15-17/h6-8,17H,4-5H2,1-3H3,(H2,12,15). The average molecular weight is 237 g/mol. The predicted octanol–water partition coefficient (Wildman–Crippen LogP) is 1.17. The Balaban J connectivity index is 2.68. The summed E-state index contributed by atoms with van der Waals surface area (Å²) in [4.78, 5) is 10.4. The van der Waals surface area contributed by atoms with Gasteiger partial charge in [0, 0.05) is 31.8 Å². The van der Waals surface area contributed by atoms with Crippen molar-refractivity contribution in [3.63, 3.8) is 0 Å². The molecule has 6 heteroatoms. The third kappa shape index (κ3) is 3.90. The molecule has 0 saturated carbocycles. The molecule has 6 nitrogen and oxygen atoms in total. The Morgan fingerprint density at radius 1 is 1.53 bits per heavy atom. The van der Waals surface area contributed by atoms with Crippen molar-refractivity contribution >= 4 is 11.7 Å². The van der Waals surface area contributed by atoms with E-state index in [9.17, 15) is 0 Å². The summed E-state index contributed by atoms with van der Waals surface area (Å²) in [7, 11) is 1.91. The highest BCUT2D eigenvalue weighted by molar-refractivity contribution is 5.80. The van der Waals surface area contributed by atoms with E-state index in [0.29, 0.717) is 18.9 Å². The third-order valence-corrected chi connectivity index (χ3v) is 2.49. The van der Waals surface area contributed by atoms with Crippen LogP contribution in [0.15, 0.2) is 17.5 Å². The molecule has 0 aromatic carbocycles. The van der Waals surface area contributed by atoms with Crippen molar-refractivity contribution in [2.45, 2.75) is 26.2 Å². The molecule has 0 aliphatic heterocycles. The maximum Gasteiger partial charge on any atom is 0.140 e. The van der Waals surface area contributed by atoms with Crippen LogP contribution in [0.1, 0.15) is 31.9 Å². The lowest BCUT2D eigenvalue weighted by Gasteiger charge is -2.18. The van der Waals surface area contributed by atoms with Crippen LogP contribution in [0.3, 0.4) is 0 Å². The molecule has 0 aliphatic carbocycles. The number of nitrogens with zero attached hydrogens (tertiary/aromatic N) is 4. The van der Waals surface area contributed by atoms with Crippen molar-refractivity contribution in [1.29, 1.82) is 0 Å². The molecule has 0 saturated heterocycles. The molecule has 0 unspecified atom stereocenters. The van der Waals surface area contributed by atoms with Gasteiger partial charge in [-0.1, -0.05) is 19.0 Å². The summed E-state index contributed by atoms with van der Waals surface area (Å²) in [5.74, 6) is 1.43. The van der Waals surface area contributed by atoms with E-state index in [1.54, 1.807) is 6.33 Å². The first kappa shape index (κ1) is 13.2. The number of anilines is 1. The Labute approximate surface area is 101 Å². The predicted molar refractivity (Wildman–Crippen MR) is 67.4 cm³/mol. The van der Waals surface area contributed by atoms with Crippen molar-refractivity contribution in [1.82, 2.24) is 9.97 Å². The van der Waals surface area contributed by atoms with Crippen molar-refractivity contribution in [3.8, 4) is 0 Å². The number of aromatic nitrogens is 2. The quantitative estimate of drug-likeness (QED) is 0.347. The minimum Gasteiger partial charge on any atom is -0.409 e. The van der Waals surface area contributed by atoms with E-state index in [1.165, 1.54) is 0 Å². The van der Waals surface area contributed by atoms with E-state index in [2.05, 4.69) is 29.0 Å². The topological polar surface area (TPSA) is 87.6 Å². The van der Waals surface area contributed by atoms with Crippen LogP contribution in [-0.4, -0.2) is 34.6 Å². The van der Waals surface area contributed by atoms with Crippen molar-refractivity contribution in [2.24, 2.45) is 10.9 Å². The van der Waals surface area contributed by atoms with Gasteiger partial charge in [-0.25, -0.2) is 9.97 Å². The Morgan fingerprint density at radius 3 is 2.82 bits per heavy atom. The molecule has 0 bridgehead atoms. The van der Waals surface area contributed by atoms with Crippen LogP contribution in [0.2, 0.25) is 0 Å². The van der Waals surface area contributed by atoms with Crippen molar-refractivity contribution in [3.05, 3.63) is 18.1 Å². The van der Waals surface area contributed by atoms with E-state index in [4.69, 9.17) is 10.9 Å². The first-order chi connectivity index (χ1) is 8.04. The summed E-state index contributed by atoms with van der Waals surface area (Å²) in [5.41, 5.74) is 6.42. The van der Waals surface area contributed by atoms with E-state index in [-0.39, 0.29) is 5.84 Å². The van der Waals surface area contributed by atoms with E-state index < -0.39 is 0 Å². The summed E-state index contributed by atoms with van der Waals surface area (Å²) < 4.78 is 0. The minimum absolute atomic E-state index is 0.218. The first-order valence-corrected chi connectivity index (χ1v) is 5.54. The second-order valence-corrected chi connectivity index (χ2v) is 4.22. The second kappa shape index (κ2) is 6.03. The molecule has 1 aromatic heterocycles. The van der Waals surface area contributed by atoms with Gasteiger partial charge in [-0.3, -0.25) is 0 Å². The molecule has 1 aromatic rings. The van der Waals surface area contributed by atoms with Crippen molar-refractivity contribution in [2.75, 3.05) is 18.5 Å². The summed E-state index contributed by atoms with van der Waals surface area (Å²) >= 11 is 0. The highest BCUT2D eigenvalue weighted by atomic mass is 16.4. The SMILES string of the molecule is CC(C)c1cc(N(C)CC/C(N)=N/O)ncn1. The number of amidine groups is 1. The molecule has 94 valence electrons. The smallest absolute Gasteiger partial charge is 0.140 e. The van der Waals surface area contributed by atoms with Crippen LogP contribution in [0, 0.1) is 0 Å². The lowest BCUT2D eigenvalue weighted by molar-refractivity contribution is 0.317. The molecule has 0 spiro atoms. The number of nitrogens with two attached hydrogens (primary N) is 1. The first-order valence-electron chi connectivity index (χ1n) is 5.54. The fraction of sp³-hybridized carbons (Fsp3) is 0.545. The summed E-state index contributed by atoms with van der Waals surface area (Å²) in [6.07, 6.45) is 2.05. The van der Waals surface area contributed by atoms with Gasteiger partial charge < -0.3 is 15.8 Å². The summed E-state index contributed by atoms with van der Waals surface area (Å²) in [6.45, 7) is 4.81. The molecular weight excluding hydrogens is 218 g/mol. The summed E-state index contributed by atoms with van der Waals surface area (Å²) in [6, 6.07) is 1.96. The van der Waals surface area contributed by atoms with E-state index in [1.807, 2.05) is 18.0 Å². The molecule has 0 aliphatic rings. The van der Waals surface area contributed by atoms with Gasteiger partial charge in [0.15, 0.2) is 0 Å². The van der Waals surface area contributed by atoms with Crippen LogP contribution in [0.5, 0.6) is 0 Å². The van der Waals surface area contributed by atoms with Crippen LogP contribution < -0.4 is 10.6 Å². The molecule has 1 rings (SSSR count). The molecule has 1 heterocycles. The second-order valence-electron chi connectivity index (χ2n) is 4.22. The van der Waals surface area contributed by atoms with Crippen LogP contribution in [0.4, 0.5) is 5.82 Å². The Kier molecular flexibility index (Phi) is 4.68. The molecule has 0 fully saturated rings. The minimum atomic E-state index is 0.218. The Morgan fingerprint density at radius 2 is 2.24 bits per heavy atom. The molecule has 0 atom stereocenters. The lowest BCUT2D eigenvalue weighted by atomic mass is 10.1. The number of hydrogen-bond donors (Lipinski definition) is 2.